The number of aliphatic hydroxyl groups is 2. The molecule has 0 saturated heterocycles. The number of nitrogen functional groups attached to an aromatic ring is 1. The Morgan fingerprint density at radius 2 is 2.13 bits per heavy atom. The first-order valence-electron chi connectivity index (χ1n) is 9.33. The van der Waals surface area contributed by atoms with E-state index in [2.05, 4.69) is 15.4 Å². The van der Waals surface area contributed by atoms with Crippen LogP contribution in [0.25, 0.3) is 11.4 Å². The molecule has 5 N–H and O–H groups in total. The van der Waals surface area contributed by atoms with Gasteiger partial charge in [-0.05, 0) is 26.0 Å². The Morgan fingerprint density at radius 3 is 2.77 bits per heavy atom. The summed E-state index contributed by atoms with van der Waals surface area (Å²) in [4.78, 5) is 26.2. The van der Waals surface area contributed by atoms with E-state index in [1.54, 1.807) is 24.3 Å². The lowest BCUT2D eigenvalue weighted by atomic mass is 9.92. The molecule has 0 bridgehead atoms. The van der Waals surface area contributed by atoms with Crippen LogP contribution >= 0.6 is 0 Å². The van der Waals surface area contributed by atoms with Crippen molar-refractivity contribution in [2.45, 2.75) is 44.5 Å². The van der Waals surface area contributed by atoms with E-state index in [9.17, 15) is 15.0 Å². The van der Waals surface area contributed by atoms with Crippen molar-refractivity contribution < 1.29 is 24.6 Å². The minimum absolute atomic E-state index is 0.0545. The maximum atomic E-state index is 12.6. The summed E-state index contributed by atoms with van der Waals surface area (Å²) in [6.07, 6.45) is 0.0172. The van der Waals surface area contributed by atoms with Gasteiger partial charge in [0.15, 0.2) is 5.82 Å². The highest BCUT2D eigenvalue weighted by Gasteiger charge is 2.32. The molecule has 1 heterocycles. The lowest BCUT2D eigenvalue weighted by Crippen LogP contribution is -2.38. The number of amides is 1. The maximum absolute atomic E-state index is 12.6. The summed E-state index contributed by atoms with van der Waals surface area (Å²) >= 11 is 0. The lowest BCUT2D eigenvalue weighted by molar-refractivity contribution is -0.0524. The number of benzene rings is 1. The average molecular weight is 413 g/mol. The maximum Gasteiger partial charge on any atom is 0.284 e. The van der Waals surface area contributed by atoms with Gasteiger partial charge in [-0.3, -0.25) is 9.63 Å². The Morgan fingerprint density at radius 1 is 1.40 bits per heavy atom. The van der Waals surface area contributed by atoms with Crippen LogP contribution in [0, 0.1) is 11.3 Å². The summed E-state index contributed by atoms with van der Waals surface area (Å²) in [5.41, 5.74) is 7.93. The minimum Gasteiger partial charge on any atom is -0.473 e. The molecule has 2 aromatic rings. The molecule has 0 aliphatic heterocycles. The van der Waals surface area contributed by atoms with Gasteiger partial charge in [-0.1, -0.05) is 12.1 Å². The van der Waals surface area contributed by atoms with Crippen LogP contribution in [-0.2, 0) is 4.84 Å². The van der Waals surface area contributed by atoms with E-state index in [1.807, 2.05) is 6.07 Å². The summed E-state index contributed by atoms with van der Waals surface area (Å²) in [6.45, 7) is 2.90. The van der Waals surface area contributed by atoms with Gasteiger partial charge in [-0.25, -0.2) is 10.5 Å². The molecule has 1 aliphatic carbocycles. The number of nitriles is 1. The molecule has 1 aliphatic rings. The highest BCUT2D eigenvalue weighted by molar-refractivity contribution is 6.00. The van der Waals surface area contributed by atoms with Crippen molar-refractivity contribution in [2.75, 3.05) is 12.3 Å². The number of rotatable bonds is 7. The largest absolute Gasteiger partial charge is 0.473 e. The predicted molar refractivity (Wildman–Crippen MR) is 106 cm³/mol. The van der Waals surface area contributed by atoms with Crippen LogP contribution in [-0.4, -0.2) is 50.5 Å². The third-order valence-corrected chi connectivity index (χ3v) is 4.32. The van der Waals surface area contributed by atoms with Gasteiger partial charge in [-0.2, -0.15) is 10.2 Å². The summed E-state index contributed by atoms with van der Waals surface area (Å²) in [6, 6.07) is 8.66. The number of hydroxylamine groups is 1. The number of carbonyl (C=O) groups excluding carboxylic acids is 1. The van der Waals surface area contributed by atoms with Crippen LogP contribution in [0.15, 0.2) is 24.3 Å². The molecule has 1 amide bonds. The van der Waals surface area contributed by atoms with Crippen LogP contribution < -0.4 is 16.0 Å². The Labute approximate surface area is 173 Å². The summed E-state index contributed by atoms with van der Waals surface area (Å²) in [5, 5.41) is 28.3. The number of nitrogens with two attached hydrogens (primary N) is 1. The van der Waals surface area contributed by atoms with E-state index in [-0.39, 0.29) is 35.8 Å². The van der Waals surface area contributed by atoms with Crippen molar-refractivity contribution in [3.05, 3.63) is 35.4 Å². The zero-order valence-corrected chi connectivity index (χ0v) is 16.6. The van der Waals surface area contributed by atoms with Crippen LogP contribution in [0.5, 0.6) is 5.88 Å². The number of hydrogen-bond donors (Lipinski definition) is 4. The molecule has 1 aromatic heterocycles. The molecule has 0 unspecified atom stereocenters. The fourth-order valence-electron chi connectivity index (χ4n) is 2.73. The van der Waals surface area contributed by atoms with Crippen molar-refractivity contribution in [3.8, 4) is 23.3 Å². The fourth-order valence-corrected chi connectivity index (χ4v) is 2.73. The lowest BCUT2D eigenvalue weighted by Gasteiger charge is -2.31. The van der Waals surface area contributed by atoms with Gasteiger partial charge in [0.1, 0.15) is 24.1 Å². The Kier molecular flexibility index (Phi) is 6.17. The molecule has 158 valence electrons. The quantitative estimate of drug-likeness (QED) is 0.483. The second-order valence-electron chi connectivity index (χ2n) is 7.70. The second-order valence-corrected chi connectivity index (χ2v) is 7.70. The zero-order valence-electron chi connectivity index (χ0n) is 16.6. The summed E-state index contributed by atoms with van der Waals surface area (Å²) < 4.78 is 5.80. The van der Waals surface area contributed by atoms with Crippen molar-refractivity contribution in [2.24, 2.45) is 0 Å². The van der Waals surface area contributed by atoms with Crippen LogP contribution in [0.2, 0.25) is 0 Å². The molecule has 10 nitrogen and oxygen atoms in total. The van der Waals surface area contributed by atoms with E-state index in [1.165, 1.54) is 13.8 Å². The molecule has 30 heavy (non-hydrogen) atoms. The van der Waals surface area contributed by atoms with Gasteiger partial charge in [0, 0.05) is 18.4 Å². The first kappa shape index (κ1) is 21.4. The number of aromatic nitrogens is 2. The number of carbonyl (C=O) groups is 1. The normalized spacial score (nSPS) is 18.2. The molecule has 0 atom stereocenters. The second kappa shape index (κ2) is 8.62. The van der Waals surface area contributed by atoms with Crippen molar-refractivity contribution >= 4 is 11.7 Å². The van der Waals surface area contributed by atoms with Gasteiger partial charge in [-0.15, -0.1) is 0 Å². The molecular weight excluding hydrogens is 390 g/mol. The van der Waals surface area contributed by atoms with E-state index in [4.69, 9.17) is 20.6 Å². The Bertz CT molecular complexity index is 977. The van der Waals surface area contributed by atoms with E-state index >= 15 is 0 Å². The predicted octanol–water partition coefficient (Wildman–Crippen LogP) is 0.932. The number of aliphatic hydroxyl groups excluding tert-OH is 1. The number of ether oxygens (including phenoxy) is 1. The molecule has 0 radical (unpaired) electrons. The van der Waals surface area contributed by atoms with Gasteiger partial charge < -0.3 is 20.7 Å². The third-order valence-electron chi connectivity index (χ3n) is 4.32. The smallest absolute Gasteiger partial charge is 0.284 e. The van der Waals surface area contributed by atoms with E-state index in [0.717, 1.165) is 0 Å². The van der Waals surface area contributed by atoms with Crippen molar-refractivity contribution in [1.29, 1.82) is 5.26 Å². The SMILES string of the molecule is CC(C)(O)CONC(=O)c1c(N)nc(-c2cccc(C#N)c2)nc1OC1CC(O)C1. The van der Waals surface area contributed by atoms with Crippen molar-refractivity contribution in [1.82, 2.24) is 15.4 Å². The standard InChI is InChI=1S/C20H23N5O5/c1-20(2,28)10-29-25-18(27)15-16(22)23-17(12-5-3-4-11(6-12)9-21)24-19(15)30-14-7-13(26)8-14/h3-6,13-14,26,28H,7-8,10H2,1-2H3,(H,25,27)(H2,22,23,24). The zero-order chi connectivity index (χ0) is 21.9. The monoisotopic (exact) mass is 413 g/mol. The highest BCUT2D eigenvalue weighted by atomic mass is 16.7. The number of nitrogens with one attached hydrogen (secondary N) is 1. The summed E-state index contributed by atoms with van der Waals surface area (Å²) in [7, 11) is 0. The van der Waals surface area contributed by atoms with Gasteiger partial charge in [0.25, 0.3) is 5.91 Å². The molecule has 0 spiro atoms. The molecule has 3 rings (SSSR count). The van der Waals surface area contributed by atoms with Crippen LogP contribution in [0.1, 0.15) is 42.6 Å². The fraction of sp³-hybridized carbons (Fsp3) is 0.400. The first-order valence-corrected chi connectivity index (χ1v) is 9.33. The van der Waals surface area contributed by atoms with Gasteiger partial charge >= 0.3 is 0 Å². The molecule has 10 heteroatoms. The van der Waals surface area contributed by atoms with E-state index < -0.39 is 17.6 Å². The molecule has 1 saturated carbocycles. The van der Waals surface area contributed by atoms with Gasteiger partial charge in [0.05, 0.1) is 23.3 Å². The number of anilines is 1. The van der Waals surface area contributed by atoms with Crippen LogP contribution in [0.4, 0.5) is 5.82 Å². The average Bonchev–Trinajstić information content (AvgIpc) is 2.65. The van der Waals surface area contributed by atoms with Crippen molar-refractivity contribution in [3.63, 3.8) is 0 Å². The number of hydrogen-bond acceptors (Lipinski definition) is 9. The molecular formula is C20H23N5O5. The topological polar surface area (TPSA) is 164 Å². The van der Waals surface area contributed by atoms with Crippen LogP contribution in [0.3, 0.4) is 0 Å². The first-order chi connectivity index (χ1) is 14.2. The Hall–Kier alpha value is -3.26. The Balaban J connectivity index is 1.92. The third kappa shape index (κ3) is 5.21. The van der Waals surface area contributed by atoms with Gasteiger partial charge in [0.2, 0.25) is 5.88 Å². The molecule has 1 aromatic carbocycles. The van der Waals surface area contributed by atoms with E-state index in [0.29, 0.717) is 24.0 Å². The number of nitrogens with zero attached hydrogens (tertiary/aromatic N) is 3. The molecule has 1 fully saturated rings. The summed E-state index contributed by atoms with van der Waals surface area (Å²) in [5.74, 6) is -0.736. The minimum atomic E-state index is -1.15. The highest BCUT2D eigenvalue weighted by Crippen LogP contribution is 2.31.